The second kappa shape index (κ2) is 14.3. The van der Waals surface area contributed by atoms with Crippen molar-refractivity contribution in [3.8, 4) is 33.4 Å². The molecule has 0 unspecified atom stereocenters. The van der Waals surface area contributed by atoms with Crippen LogP contribution in [0.2, 0.25) is 0 Å². The second-order valence-electron chi connectivity index (χ2n) is 13.3. The van der Waals surface area contributed by atoms with E-state index in [1.54, 1.807) is 6.08 Å². The van der Waals surface area contributed by atoms with E-state index < -0.39 is 0 Å². The number of anilines is 2. The molecule has 1 aliphatic rings. The summed E-state index contributed by atoms with van der Waals surface area (Å²) in [6, 6.07) is 48.9. The van der Waals surface area contributed by atoms with Crippen molar-refractivity contribution in [3.63, 3.8) is 0 Å². The van der Waals surface area contributed by atoms with Gasteiger partial charge in [0, 0.05) is 22.2 Å². The molecule has 1 nitrogen and oxygen atoms in total. The summed E-state index contributed by atoms with van der Waals surface area (Å²) < 4.78 is 0. The number of hydrogen-bond acceptors (Lipinski definition) is 1. The molecule has 1 heteroatoms. The normalized spacial score (nSPS) is 13.7. The molecule has 0 aliphatic heterocycles. The minimum atomic E-state index is -0.0652. The summed E-state index contributed by atoms with van der Waals surface area (Å²) in [5.41, 5.74) is 13.6. The van der Waals surface area contributed by atoms with Gasteiger partial charge in [-0.2, -0.15) is 0 Å². The number of rotatable bonds is 10. The van der Waals surface area contributed by atoms with Crippen molar-refractivity contribution in [2.45, 2.75) is 32.6 Å². The Morgan fingerprint density at radius 3 is 2.20 bits per heavy atom. The van der Waals surface area contributed by atoms with Crippen LogP contribution in [0, 0.1) is 0 Å². The van der Waals surface area contributed by atoms with Gasteiger partial charge in [-0.05, 0) is 93.6 Å². The fourth-order valence-corrected chi connectivity index (χ4v) is 7.35. The van der Waals surface area contributed by atoms with Crippen LogP contribution in [0.4, 0.5) is 11.4 Å². The Hall–Kier alpha value is -5.92. The summed E-state index contributed by atoms with van der Waals surface area (Å²) in [5.74, 6) is 0. The van der Waals surface area contributed by atoms with Crippen molar-refractivity contribution in [1.82, 2.24) is 0 Å². The van der Waals surface area contributed by atoms with Gasteiger partial charge in [-0.1, -0.05) is 172 Å². The molecule has 6 aromatic rings. The summed E-state index contributed by atoms with van der Waals surface area (Å²) in [5, 5.41) is 2.43. The highest BCUT2D eigenvalue weighted by Gasteiger charge is 2.35. The van der Waals surface area contributed by atoms with E-state index in [9.17, 15) is 0 Å². The quantitative estimate of drug-likeness (QED) is 0.134. The first-order chi connectivity index (χ1) is 24.5. The lowest BCUT2D eigenvalue weighted by Crippen LogP contribution is -2.16. The Morgan fingerprint density at radius 1 is 0.620 bits per heavy atom. The lowest BCUT2D eigenvalue weighted by Gasteiger charge is -2.29. The molecule has 6 aromatic carbocycles. The third kappa shape index (κ3) is 6.19. The van der Waals surface area contributed by atoms with Gasteiger partial charge < -0.3 is 4.90 Å². The minimum absolute atomic E-state index is 0.0652. The summed E-state index contributed by atoms with van der Waals surface area (Å²) in [7, 11) is 0. The largest absolute Gasteiger partial charge is 0.310 e. The Bertz CT molecular complexity index is 2290. The molecule has 1 aliphatic carbocycles. The van der Waals surface area contributed by atoms with Crippen LogP contribution in [0.15, 0.2) is 194 Å². The molecule has 0 aromatic heterocycles. The first-order valence-electron chi connectivity index (χ1n) is 17.5. The molecule has 0 spiro atoms. The van der Waals surface area contributed by atoms with Crippen molar-refractivity contribution >= 4 is 22.1 Å². The van der Waals surface area contributed by atoms with E-state index in [0.29, 0.717) is 0 Å². The molecule has 0 saturated heterocycles. The Balaban J connectivity index is 1.38. The minimum Gasteiger partial charge on any atom is -0.310 e. The van der Waals surface area contributed by atoms with Crippen molar-refractivity contribution in [2.75, 3.05) is 4.90 Å². The second-order valence-corrected chi connectivity index (χ2v) is 13.3. The molecule has 50 heavy (non-hydrogen) atoms. The Morgan fingerprint density at radius 2 is 1.36 bits per heavy atom. The van der Waals surface area contributed by atoms with E-state index in [-0.39, 0.29) is 5.41 Å². The fraction of sp³-hybridized carbons (Fsp3) is 0.102. The van der Waals surface area contributed by atoms with Gasteiger partial charge in [0.25, 0.3) is 0 Å². The predicted octanol–water partition coefficient (Wildman–Crippen LogP) is 13.8. The highest BCUT2D eigenvalue weighted by atomic mass is 15.1. The molecular formula is C49H43N. The van der Waals surface area contributed by atoms with Gasteiger partial charge in [0.15, 0.2) is 0 Å². The van der Waals surface area contributed by atoms with E-state index in [4.69, 9.17) is 0 Å². The molecule has 244 valence electrons. The van der Waals surface area contributed by atoms with Crippen LogP contribution in [-0.2, 0) is 5.41 Å². The smallest absolute Gasteiger partial charge is 0.0539 e. The maximum absolute atomic E-state index is 3.75. The van der Waals surface area contributed by atoms with E-state index in [2.05, 4.69) is 196 Å². The number of benzene rings is 6. The van der Waals surface area contributed by atoms with Crippen molar-refractivity contribution in [2.24, 2.45) is 0 Å². The molecule has 0 amide bonds. The number of allylic oxidation sites excluding steroid dienone is 8. The molecule has 0 N–H and O–H groups in total. The van der Waals surface area contributed by atoms with Crippen LogP contribution in [0.5, 0.6) is 0 Å². The zero-order valence-corrected chi connectivity index (χ0v) is 29.2. The first-order valence-corrected chi connectivity index (χ1v) is 17.5. The van der Waals surface area contributed by atoms with E-state index in [1.807, 2.05) is 12.2 Å². The highest BCUT2D eigenvalue weighted by Crippen LogP contribution is 2.50. The van der Waals surface area contributed by atoms with Gasteiger partial charge in [0.1, 0.15) is 0 Å². The van der Waals surface area contributed by atoms with Crippen LogP contribution in [0.25, 0.3) is 44.2 Å². The monoisotopic (exact) mass is 645 g/mol. The molecule has 0 radical (unpaired) electrons. The summed E-state index contributed by atoms with van der Waals surface area (Å²) in [4.78, 5) is 2.40. The van der Waals surface area contributed by atoms with E-state index >= 15 is 0 Å². The zero-order valence-electron chi connectivity index (χ0n) is 29.2. The molecule has 0 atom stereocenters. The topological polar surface area (TPSA) is 3.24 Å². The van der Waals surface area contributed by atoms with Crippen LogP contribution in [0.1, 0.15) is 38.3 Å². The van der Waals surface area contributed by atoms with Gasteiger partial charge >= 0.3 is 0 Å². The molecule has 0 heterocycles. The van der Waals surface area contributed by atoms with Crippen LogP contribution >= 0.6 is 0 Å². The molecule has 0 bridgehead atoms. The SMILES string of the molecule is C=C/C=C\C=C\C/C=C\C(=C/C)N(c1ccc(-c2ccc3c(c2)C(C)(C)c2ccccc2-3)c(-c2ccccc2)c1)c1cccc2ccccc12. The molecule has 0 fully saturated rings. The van der Waals surface area contributed by atoms with Gasteiger partial charge in [-0.15, -0.1) is 0 Å². The maximum atomic E-state index is 3.75. The van der Waals surface area contributed by atoms with Crippen molar-refractivity contribution < 1.29 is 0 Å². The molecular weight excluding hydrogens is 603 g/mol. The van der Waals surface area contributed by atoms with Gasteiger partial charge in [-0.25, -0.2) is 0 Å². The maximum Gasteiger partial charge on any atom is 0.0539 e. The van der Waals surface area contributed by atoms with Crippen LogP contribution in [-0.4, -0.2) is 0 Å². The summed E-state index contributed by atoms with van der Waals surface area (Å²) in [6.45, 7) is 10.6. The van der Waals surface area contributed by atoms with E-state index in [1.165, 1.54) is 55.3 Å². The number of nitrogens with zero attached hydrogens (tertiary/aromatic N) is 1. The zero-order chi connectivity index (χ0) is 34.5. The lowest BCUT2D eigenvalue weighted by molar-refractivity contribution is 0.660. The number of fused-ring (bicyclic) bond motifs is 4. The standard InChI is InChI=1S/C49H43N/c1-5-7-8-9-10-11-15-25-39(6-2)50(48-29-20-24-36-23-16-17-26-42(36)48)40-31-33-41(45(35-40)37-21-13-12-14-22-37)38-30-32-44-43-27-18-19-28-46(43)49(3,4)47(44)34-38/h5-10,12-35H,1,11H2,2-4H3/b8-7-,10-9+,25-15-,39-6+. The van der Waals surface area contributed by atoms with Gasteiger partial charge in [-0.3, -0.25) is 0 Å². The third-order valence-corrected chi connectivity index (χ3v) is 9.86. The Kier molecular flexibility index (Phi) is 9.32. The Labute approximate surface area is 297 Å². The van der Waals surface area contributed by atoms with Crippen molar-refractivity contribution in [1.29, 1.82) is 0 Å². The average Bonchev–Trinajstić information content (AvgIpc) is 3.39. The molecule has 0 saturated carbocycles. The number of hydrogen-bond donors (Lipinski definition) is 0. The van der Waals surface area contributed by atoms with Crippen LogP contribution < -0.4 is 4.90 Å². The third-order valence-electron chi connectivity index (χ3n) is 9.86. The van der Waals surface area contributed by atoms with Gasteiger partial charge in [0.2, 0.25) is 0 Å². The predicted molar refractivity (Wildman–Crippen MR) is 217 cm³/mol. The average molecular weight is 646 g/mol. The summed E-state index contributed by atoms with van der Waals surface area (Å²) >= 11 is 0. The first kappa shape index (κ1) is 32.6. The summed E-state index contributed by atoms with van der Waals surface area (Å²) in [6.07, 6.45) is 17.5. The van der Waals surface area contributed by atoms with Gasteiger partial charge in [0.05, 0.1) is 5.69 Å². The molecule has 7 rings (SSSR count). The highest BCUT2D eigenvalue weighted by molar-refractivity contribution is 5.98. The lowest BCUT2D eigenvalue weighted by atomic mass is 9.81. The van der Waals surface area contributed by atoms with E-state index in [0.717, 1.165) is 23.5 Å². The van der Waals surface area contributed by atoms with Crippen molar-refractivity contribution in [3.05, 3.63) is 205 Å². The fourth-order valence-electron chi connectivity index (χ4n) is 7.35. The van der Waals surface area contributed by atoms with Crippen LogP contribution in [0.3, 0.4) is 0 Å².